The molecular formula is C13H17F3O3. The molecule has 0 heterocycles. The Labute approximate surface area is 109 Å². The van der Waals surface area contributed by atoms with Gasteiger partial charge in [0.25, 0.3) is 0 Å². The maximum atomic E-state index is 12.2. The number of alkyl halides is 3. The lowest BCUT2D eigenvalue weighted by molar-refractivity contribution is -0.212. The number of esters is 1. The minimum absolute atomic E-state index is 0.164. The number of rotatable bonds is 4. The first-order valence-electron chi connectivity index (χ1n) is 6.41. The average molecular weight is 278 g/mol. The third kappa shape index (κ3) is 3.29. The number of ether oxygens (including phenoxy) is 1. The zero-order valence-corrected chi connectivity index (χ0v) is 10.6. The van der Waals surface area contributed by atoms with E-state index < -0.39 is 30.8 Å². The molecule has 5 atom stereocenters. The number of carbonyl (C=O) groups excluding carboxylic acids is 1. The molecule has 0 amide bonds. The topological polar surface area (TPSA) is 46.5 Å². The predicted octanol–water partition coefficient (Wildman–Crippen LogP) is 2.44. The van der Waals surface area contributed by atoms with Crippen molar-refractivity contribution in [1.82, 2.24) is 0 Å². The Bertz CT molecular complexity index is 378. The van der Waals surface area contributed by atoms with Crippen LogP contribution in [0.4, 0.5) is 13.2 Å². The lowest BCUT2D eigenvalue weighted by atomic mass is 9.94. The van der Waals surface area contributed by atoms with Crippen LogP contribution in [0.2, 0.25) is 0 Å². The molecule has 108 valence electrons. The summed E-state index contributed by atoms with van der Waals surface area (Å²) in [6.07, 6.45) is -2.97. The Kier molecular flexibility index (Phi) is 3.90. The molecule has 0 radical (unpaired) electrons. The number of allylic oxidation sites excluding steroid dienone is 2. The van der Waals surface area contributed by atoms with E-state index in [1.165, 1.54) is 6.92 Å². The SMILES string of the molecule is CC(CC(O)C(F)(F)F)OC(=O)C1CC2C=CC1C2. The van der Waals surface area contributed by atoms with E-state index in [0.29, 0.717) is 12.3 Å². The van der Waals surface area contributed by atoms with E-state index in [0.717, 1.165) is 6.42 Å². The highest BCUT2D eigenvalue weighted by Crippen LogP contribution is 2.44. The summed E-state index contributed by atoms with van der Waals surface area (Å²) >= 11 is 0. The molecule has 2 aliphatic carbocycles. The molecule has 5 unspecified atom stereocenters. The first-order chi connectivity index (χ1) is 8.77. The van der Waals surface area contributed by atoms with Crippen LogP contribution < -0.4 is 0 Å². The number of aliphatic hydroxyl groups excluding tert-OH is 1. The Hall–Kier alpha value is -1.04. The molecule has 1 saturated carbocycles. The molecule has 0 aliphatic heterocycles. The second-order valence-electron chi connectivity index (χ2n) is 5.43. The smallest absolute Gasteiger partial charge is 0.414 e. The number of hydrogen-bond acceptors (Lipinski definition) is 3. The van der Waals surface area contributed by atoms with Crippen molar-refractivity contribution in [3.8, 4) is 0 Å². The normalized spacial score (nSPS) is 32.4. The van der Waals surface area contributed by atoms with Gasteiger partial charge in [0.2, 0.25) is 0 Å². The van der Waals surface area contributed by atoms with Crippen LogP contribution in [0.1, 0.15) is 26.2 Å². The largest absolute Gasteiger partial charge is 0.462 e. The molecule has 19 heavy (non-hydrogen) atoms. The lowest BCUT2D eigenvalue weighted by Gasteiger charge is -2.22. The van der Waals surface area contributed by atoms with Gasteiger partial charge in [-0.2, -0.15) is 13.2 Å². The van der Waals surface area contributed by atoms with Gasteiger partial charge in [0.05, 0.1) is 5.92 Å². The second kappa shape index (κ2) is 5.15. The van der Waals surface area contributed by atoms with Crippen molar-refractivity contribution in [2.24, 2.45) is 17.8 Å². The Balaban J connectivity index is 1.81. The second-order valence-corrected chi connectivity index (χ2v) is 5.43. The molecule has 0 saturated heterocycles. The van der Waals surface area contributed by atoms with Gasteiger partial charge in [-0.3, -0.25) is 4.79 Å². The zero-order chi connectivity index (χ0) is 14.2. The van der Waals surface area contributed by atoms with Gasteiger partial charge in [0.15, 0.2) is 6.10 Å². The summed E-state index contributed by atoms with van der Waals surface area (Å²) in [5, 5.41) is 8.91. The fourth-order valence-electron chi connectivity index (χ4n) is 2.83. The fraction of sp³-hybridized carbons (Fsp3) is 0.769. The highest BCUT2D eigenvalue weighted by molar-refractivity contribution is 5.74. The first kappa shape index (κ1) is 14.4. The molecule has 6 heteroatoms. The standard InChI is InChI=1S/C13H17F3O3/c1-7(4-11(17)13(14,15)16)19-12(18)10-6-8-2-3-9(10)5-8/h2-3,7-11,17H,4-6H2,1H3. The van der Waals surface area contributed by atoms with Crippen molar-refractivity contribution in [1.29, 1.82) is 0 Å². The number of fused-ring (bicyclic) bond motifs is 2. The molecule has 0 aromatic carbocycles. The van der Waals surface area contributed by atoms with E-state index in [-0.39, 0.29) is 11.8 Å². The predicted molar refractivity (Wildman–Crippen MR) is 61.1 cm³/mol. The highest BCUT2D eigenvalue weighted by Gasteiger charge is 2.42. The van der Waals surface area contributed by atoms with E-state index in [1.807, 2.05) is 6.08 Å². The van der Waals surface area contributed by atoms with Crippen LogP contribution in [0, 0.1) is 17.8 Å². The summed E-state index contributed by atoms with van der Waals surface area (Å²) in [5.41, 5.74) is 0. The lowest BCUT2D eigenvalue weighted by Crippen LogP contribution is -2.34. The number of carbonyl (C=O) groups is 1. The van der Waals surface area contributed by atoms with Crippen molar-refractivity contribution in [2.45, 2.75) is 44.6 Å². The average Bonchev–Trinajstić information content (AvgIpc) is 2.88. The van der Waals surface area contributed by atoms with Crippen LogP contribution in [0.15, 0.2) is 12.2 Å². The fourth-order valence-corrected chi connectivity index (χ4v) is 2.83. The highest BCUT2D eigenvalue weighted by atomic mass is 19.4. The molecule has 2 rings (SSSR count). The quantitative estimate of drug-likeness (QED) is 0.634. The van der Waals surface area contributed by atoms with Crippen LogP contribution in [-0.4, -0.2) is 29.5 Å². The summed E-state index contributed by atoms with van der Waals surface area (Å²) in [6, 6.07) is 0. The number of hydrogen-bond donors (Lipinski definition) is 1. The van der Waals surface area contributed by atoms with Crippen molar-refractivity contribution < 1.29 is 27.8 Å². The molecule has 0 aromatic heterocycles. The summed E-state index contributed by atoms with van der Waals surface area (Å²) in [6.45, 7) is 1.37. The minimum Gasteiger partial charge on any atom is -0.462 e. The van der Waals surface area contributed by atoms with Gasteiger partial charge in [-0.25, -0.2) is 0 Å². The van der Waals surface area contributed by atoms with E-state index in [4.69, 9.17) is 9.84 Å². The Morgan fingerprint density at radius 1 is 1.42 bits per heavy atom. The molecule has 2 bridgehead atoms. The van der Waals surface area contributed by atoms with Gasteiger partial charge in [-0.1, -0.05) is 12.2 Å². The van der Waals surface area contributed by atoms with E-state index >= 15 is 0 Å². The molecule has 1 N–H and O–H groups in total. The summed E-state index contributed by atoms with van der Waals surface area (Å²) < 4.78 is 41.5. The third-order valence-corrected chi connectivity index (χ3v) is 3.83. The first-order valence-corrected chi connectivity index (χ1v) is 6.41. The molecule has 3 nitrogen and oxygen atoms in total. The van der Waals surface area contributed by atoms with Crippen molar-refractivity contribution in [2.75, 3.05) is 0 Å². The van der Waals surface area contributed by atoms with Gasteiger partial charge in [0, 0.05) is 6.42 Å². The summed E-state index contributed by atoms with van der Waals surface area (Å²) in [5.74, 6) is -0.116. The maximum absolute atomic E-state index is 12.2. The molecule has 1 fully saturated rings. The minimum atomic E-state index is -4.67. The number of aliphatic hydroxyl groups is 1. The Morgan fingerprint density at radius 3 is 2.58 bits per heavy atom. The maximum Gasteiger partial charge on any atom is 0.414 e. The van der Waals surface area contributed by atoms with E-state index in [2.05, 4.69) is 6.08 Å². The van der Waals surface area contributed by atoms with Gasteiger partial charge >= 0.3 is 12.1 Å². The molecule has 2 aliphatic rings. The summed E-state index contributed by atoms with van der Waals surface area (Å²) in [7, 11) is 0. The monoisotopic (exact) mass is 278 g/mol. The van der Waals surface area contributed by atoms with Gasteiger partial charge in [-0.05, 0) is 31.6 Å². The van der Waals surface area contributed by atoms with Crippen molar-refractivity contribution in [3.63, 3.8) is 0 Å². The van der Waals surface area contributed by atoms with Crippen LogP contribution in [0.3, 0.4) is 0 Å². The zero-order valence-electron chi connectivity index (χ0n) is 10.6. The number of halogens is 3. The summed E-state index contributed by atoms with van der Waals surface area (Å²) in [4.78, 5) is 11.9. The van der Waals surface area contributed by atoms with Crippen molar-refractivity contribution in [3.05, 3.63) is 12.2 Å². The molecule has 0 spiro atoms. The third-order valence-electron chi connectivity index (χ3n) is 3.83. The van der Waals surface area contributed by atoms with Crippen molar-refractivity contribution >= 4 is 5.97 Å². The van der Waals surface area contributed by atoms with E-state index in [9.17, 15) is 18.0 Å². The van der Waals surface area contributed by atoms with E-state index in [1.54, 1.807) is 0 Å². The molecular weight excluding hydrogens is 261 g/mol. The van der Waals surface area contributed by atoms with Gasteiger partial charge in [-0.15, -0.1) is 0 Å². The van der Waals surface area contributed by atoms with Crippen LogP contribution in [0.5, 0.6) is 0 Å². The van der Waals surface area contributed by atoms with Crippen LogP contribution >= 0.6 is 0 Å². The van der Waals surface area contributed by atoms with Crippen LogP contribution in [-0.2, 0) is 9.53 Å². The molecule has 0 aromatic rings. The van der Waals surface area contributed by atoms with Gasteiger partial charge < -0.3 is 9.84 Å². The van der Waals surface area contributed by atoms with Gasteiger partial charge in [0.1, 0.15) is 6.10 Å². The van der Waals surface area contributed by atoms with Crippen LogP contribution in [0.25, 0.3) is 0 Å². The Morgan fingerprint density at radius 2 is 2.11 bits per heavy atom.